The molecule has 0 saturated carbocycles. The molecule has 32 heavy (non-hydrogen) atoms. The van der Waals surface area contributed by atoms with Crippen LogP contribution in [0.2, 0.25) is 0 Å². The van der Waals surface area contributed by atoms with Gasteiger partial charge in [-0.15, -0.1) is 0 Å². The number of carboxylic acid groups (broad SMARTS) is 1. The molecule has 158 valence electrons. The molecule has 4 aromatic rings. The minimum atomic E-state index is -1.15. The predicted molar refractivity (Wildman–Crippen MR) is 125 cm³/mol. The van der Waals surface area contributed by atoms with Gasteiger partial charge in [0, 0.05) is 28.6 Å². The van der Waals surface area contributed by atoms with Gasteiger partial charge in [-0.25, -0.2) is 4.79 Å². The molecule has 0 aromatic heterocycles. The van der Waals surface area contributed by atoms with Gasteiger partial charge in [0.25, 0.3) is 5.91 Å². The minimum Gasteiger partial charge on any atom is -0.478 e. The van der Waals surface area contributed by atoms with Crippen LogP contribution in [0.15, 0.2) is 84.9 Å². The Kier molecular flexibility index (Phi) is 5.81. The summed E-state index contributed by atoms with van der Waals surface area (Å²) in [6.45, 7) is 1.80. The number of aromatic carboxylic acids is 1. The molecule has 4 aromatic carbocycles. The number of hydrogen-bond donors (Lipinski definition) is 2. The molecule has 4 rings (SSSR count). The van der Waals surface area contributed by atoms with Crippen LogP contribution >= 0.6 is 0 Å². The molecule has 0 saturated heterocycles. The van der Waals surface area contributed by atoms with Gasteiger partial charge in [0.1, 0.15) is 0 Å². The fourth-order valence-electron chi connectivity index (χ4n) is 3.86. The zero-order chi connectivity index (χ0) is 22.7. The number of ketones is 1. The Bertz CT molecular complexity index is 1330. The molecule has 2 N–H and O–H groups in total. The summed E-state index contributed by atoms with van der Waals surface area (Å²) in [5.74, 6) is -1.72. The van der Waals surface area contributed by atoms with Crippen molar-refractivity contribution in [3.05, 3.63) is 113 Å². The van der Waals surface area contributed by atoms with Crippen molar-refractivity contribution in [1.29, 1.82) is 0 Å². The summed E-state index contributed by atoms with van der Waals surface area (Å²) in [4.78, 5) is 38.3. The number of carbonyl (C=O) groups excluding carboxylic acids is 2. The summed E-state index contributed by atoms with van der Waals surface area (Å²) >= 11 is 0. The van der Waals surface area contributed by atoms with E-state index < -0.39 is 5.97 Å². The van der Waals surface area contributed by atoms with Crippen LogP contribution < -0.4 is 5.32 Å². The van der Waals surface area contributed by atoms with Gasteiger partial charge < -0.3 is 10.4 Å². The number of carboxylic acids is 1. The first kappa shape index (κ1) is 21.0. The maximum Gasteiger partial charge on any atom is 0.336 e. The van der Waals surface area contributed by atoms with Gasteiger partial charge in [-0.3, -0.25) is 9.59 Å². The van der Waals surface area contributed by atoms with E-state index in [1.165, 1.54) is 6.07 Å². The molecular weight excluding hydrogens is 402 g/mol. The molecule has 0 spiro atoms. The first-order valence-electron chi connectivity index (χ1n) is 10.2. The Morgan fingerprint density at radius 1 is 0.719 bits per heavy atom. The fraction of sp³-hybridized carbons (Fsp3) is 0.0741. The lowest BCUT2D eigenvalue weighted by Crippen LogP contribution is -2.15. The van der Waals surface area contributed by atoms with Crippen LogP contribution in [0, 0.1) is 6.92 Å². The zero-order valence-electron chi connectivity index (χ0n) is 17.5. The van der Waals surface area contributed by atoms with Gasteiger partial charge in [-0.2, -0.15) is 0 Å². The molecule has 0 aliphatic carbocycles. The standard InChI is InChI=1S/C27H21NO4/c1-17-12-13-22(27(31)32)25-20(23(29)16-18-8-4-2-5-9-18)14-15-21(24(17)25)26(30)28-19-10-6-3-7-11-19/h2-15H,16H2,1H3,(H,28,30)(H,31,32). The Morgan fingerprint density at radius 2 is 1.31 bits per heavy atom. The van der Waals surface area contributed by atoms with E-state index in [2.05, 4.69) is 5.32 Å². The minimum absolute atomic E-state index is 0.00336. The van der Waals surface area contributed by atoms with Crippen LogP contribution in [0.3, 0.4) is 0 Å². The van der Waals surface area contributed by atoms with E-state index in [0.717, 1.165) is 11.1 Å². The number of hydrogen-bond acceptors (Lipinski definition) is 3. The number of nitrogens with one attached hydrogen (secondary N) is 1. The number of anilines is 1. The molecule has 0 bridgehead atoms. The fourth-order valence-corrected chi connectivity index (χ4v) is 3.86. The number of fused-ring (bicyclic) bond motifs is 1. The molecule has 0 fully saturated rings. The van der Waals surface area contributed by atoms with Gasteiger partial charge in [0.2, 0.25) is 0 Å². The predicted octanol–water partition coefficient (Wildman–Crippen LogP) is 5.52. The van der Waals surface area contributed by atoms with Crippen LogP contribution in [0.25, 0.3) is 10.8 Å². The van der Waals surface area contributed by atoms with Crippen molar-refractivity contribution >= 4 is 34.1 Å². The van der Waals surface area contributed by atoms with Crippen LogP contribution in [0.1, 0.15) is 42.2 Å². The number of carbonyl (C=O) groups is 3. The molecule has 5 nitrogen and oxygen atoms in total. The van der Waals surface area contributed by atoms with Gasteiger partial charge in [0.05, 0.1) is 5.56 Å². The lowest BCUT2D eigenvalue weighted by Gasteiger charge is -2.15. The molecule has 0 aliphatic heterocycles. The van der Waals surface area contributed by atoms with E-state index in [1.54, 1.807) is 37.3 Å². The molecule has 0 aliphatic rings. The second kappa shape index (κ2) is 8.86. The highest BCUT2D eigenvalue weighted by molar-refractivity contribution is 6.22. The Balaban J connectivity index is 1.86. The second-order valence-corrected chi connectivity index (χ2v) is 7.55. The van der Waals surface area contributed by atoms with Crippen molar-refractivity contribution in [2.24, 2.45) is 0 Å². The van der Waals surface area contributed by atoms with Crippen molar-refractivity contribution in [3.8, 4) is 0 Å². The molecule has 5 heteroatoms. The Labute approximate surface area is 185 Å². The molecular formula is C27H21NO4. The summed E-state index contributed by atoms with van der Waals surface area (Å²) in [7, 11) is 0. The number of Topliss-reactive ketones (excluding diaryl/α,β-unsaturated/α-hetero) is 1. The highest BCUT2D eigenvalue weighted by atomic mass is 16.4. The quantitative estimate of drug-likeness (QED) is 0.400. The summed E-state index contributed by atoms with van der Waals surface area (Å²) < 4.78 is 0. The van der Waals surface area contributed by atoms with Crippen molar-refractivity contribution in [2.75, 3.05) is 5.32 Å². The van der Waals surface area contributed by atoms with Gasteiger partial charge in [-0.05, 0) is 53.8 Å². The maximum atomic E-state index is 13.2. The SMILES string of the molecule is Cc1ccc(C(=O)O)c2c(C(=O)Cc3ccccc3)ccc(C(=O)Nc3ccccc3)c12. The Morgan fingerprint density at radius 3 is 1.97 bits per heavy atom. The van der Waals surface area contributed by atoms with Crippen molar-refractivity contribution in [1.82, 2.24) is 0 Å². The first-order chi connectivity index (χ1) is 15.5. The number of rotatable bonds is 6. The number of para-hydroxylation sites is 1. The van der Waals surface area contributed by atoms with E-state index in [0.29, 0.717) is 27.6 Å². The molecule has 0 heterocycles. The van der Waals surface area contributed by atoms with Gasteiger partial charge in [0.15, 0.2) is 5.78 Å². The van der Waals surface area contributed by atoms with Crippen LogP contribution in [0.4, 0.5) is 5.69 Å². The van der Waals surface area contributed by atoms with Crippen LogP contribution in [0.5, 0.6) is 0 Å². The first-order valence-corrected chi connectivity index (χ1v) is 10.2. The molecule has 1 amide bonds. The number of benzene rings is 4. The van der Waals surface area contributed by atoms with Crippen molar-refractivity contribution in [3.63, 3.8) is 0 Å². The van der Waals surface area contributed by atoms with Crippen molar-refractivity contribution < 1.29 is 19.5 Å². The van der Waals surface area contributed by atoms with Crippen LogP contribution in [-0.2, 0) is 6.42 Å². The highest BCUT2D eigenvalue weighted by Crippen LogP contribution is 2.31. The molecule has 0 unspecified atom stereocenters. The third-order valence-electron chi connectivity index (χ3n) is 5.38. The lowest BCUT2D eigenvalue weighted by atomic mass is 9.89. The maximum absolute atomic E-state index is 13.2. The van der Waals surface area contributed by atoms with E-state index in [4.69, 9.17) is 0 Å². The summed E-state index contributed by atoms with van der Waals surface area (Å²) in [6.07, 6.45) is 0.137. The highest BCUT2D eigenvalue weighted by Gasteiger charge is 2.22. The lowest BCUT2D eigenvalue weighted by molar-refractivity contribution is 0.0698. The average molecular weight is 423 g/mol. The van der Waals surface area contributed by atoms with E-state index in [-0.39, 0.29) is 23.7 Å². The van der Waals surface area contributed by atoms with Gasteiger partial charge in [-0.1, -0.05) is 54.6 Å². The summed E-state index contributed by atoms with van der Waals surface area (Å²) in [5.41, 5.74) is 2.79. The van der Waals surface area contributed by atoms with E-state index in [1.807, 2.05) is 48.5 Å². The van der Waals surface area contributed by atoms with E-state index in [9.17, 15) is 19.5 Å². The average Bonchev–Trinajstić information content (AvgIpc) is 2.79. The van der Waals surface area contributed by atoms with Gasteiger partial charge >= 0.3 is 5.97 Å². The smallest absolute Gasteiger partial charge is 0.336 e. The normalized spacial score (nSPS) is 10.7. The van der Waals surface area contributed by atoms with E-state index >= 15 is 0 Å². The zero-order valence-corrected chi connectivity index (χ0v) is 17.5. The molecule has 0 radical (unpaired) electrons. The monoisotopic (exact) mass is 423 g/mol. The second-order valence-electron chi connectivity index (χ2n) is 7.55. The Hall–Kier alpha value is -4.25. The topological polar surface area (TPSA) is 83.5 Å². The molecule has 0 atom stereocenters. The third kappa shape index (κ3) is 4.14. The van der Waals surface area contributed by atoms with Crippen molar-refractivity contribution in [2.45, 2.75) is 13.3 Å². The summed E-state index contributed by atoms with van der Waals surface area (Å²) in [6, 6.07) is 24.6. The van der Waals surface area contributed by atoms with Crippen LogP contribution in [-0.4, -0.2) is 22.8 Å². The third-order valence-corrected chi connectivity index (χ3v) is 5.38. The number of amides is 1. The largest absolute Gasteiger partial charge is 0.478 e. The number of aryl methyl sites for hydroxylation is 1. The summed E-state index contributed by atoms with van der Waals surface area (Å²) in [5, 5.41) is 13.4.